The Balaban J connectivity index is 2.22. The van der Waals surface area contributed by atoms with E-state index in [9.17, 15) is 19.5 Å². The number of aliphatic hydroxyl groups is 1. The van der Waals surface area contributed by atoms with Crippen LogP contribution in [0.15, 0.2) is 15.8 Å². The highest BCUT2D eigenvalue weighted by molar-refractivity contribution is 5.81. The fraction of sp³-hybridized carbons (Fsp3) is 0.615. The fourth-order valence-corrected chi connectivity index (χ4v) is 2.34. The molecule has 0 aromatic carbocycles. The summed E-state index contributed by atoms with van der Waals surface area (Å²) in [4.78, 5) is 37.1. The highest BCUT2D eigenvalue weighted by atomic mass is 16.5. The summed E-state index contributed by atoms with van der Waals surface area (Å²) in [6.45, 7) is 2.81. The van der Waals surface area contributed by atoms with Gasteiger partial charge in [-0.2, -0.15) is 0 Å². The van der Waals surface area contributed by atoms with Crippen molar-refractivity contribution in [3.8, 4) is 0 Å². The number of rotatable bonds is 4. The molecule has 1 amide bonds. The molecule has 0 aliphatic carbocycles. The first-order valence-corrected chi connectivity index (χ1v) is 6.97. The first-order valence-electron chi connectivity index (χ1n) is 6.97. The fourth-order valence-electron chi connectivity index (χ4n) is 2.34. The SMILES string of the molecule is Cc1cn([C@H]2C[C@H](NC(=O)[C@@H](C)N)[C@@H](CO)O2)c(=O)[nH]c1=O. The minimum atomic E-state index is -0.684. The Kier molecular flexibility index (Phi) is 4.79. The first kappa shape index (κ1) is 16.4. The topological polar surface area (TPSA) is 139 Å². The smallest absolute Gasteiger partial charge is 0.330 e. The number of aromatic nitrogens is 2. The molecule has 0 spiro atoms. The average Bonchev–Trinajstić information content (AvgIpc) is 2.85. The summed E-state index contributed by atoms with van der Waals surface area (Å²) in [6.07, 6.45) is 0.357. The summed E-state index contributed by atoms with van der Waals surface area (Å²) < 4.78 is 6.85. The quantitative estimate of drug-likeness (QED) is 0.505. The molecule has 4 atom stereocenters. The highest BCUT2D eigenvalue weighted by Crippen LogP contribution is 2.27. The molecule has 5 N–H and O–H groups in total. The second-order valence-electron chi connectivity index (χ2n) is 5.43. The molecule has 0 bridgehead atoms. The number of carbonyl (C=O) groups is 1. The van der Waals surface area contributed by atoms with Crippen molar-refractivity contribution in [2.45, 2.75) is 44.7 Å². The molecular formula is C13H20N4O5. The lowest BCUT2D eigenvalue weighted by Gasteiger charge is -2.18. The maximum absolute atomic E-state index is 11.9. The molecule has 1 aliphatic heterocycles. The Bertz CT molecular complexity index is 665. The third-order valence-electron chi connectivity index (χ3n) is 3.61. The zero-order chi connectivity index (χ0) is 16.4. The van der Waals surface area contributed by atoms with Gasteiger partial charge in [0.05, 0.1) is 18.7 Å². The minimum Gasteiger partial charge on any atom is -0.394 e. The van der Waals surface area contributed by atoms with Gasteiger partial charge >= 0.3 is 5.69 Å². The predicted octanol–water partition coefficient (Wildman–Crippen LogP) is -2.04. The predicted molar refractivity (Wildman–Crippen MR) is 77.3 cm³/mol. The lowest BCUT2D eigenvalue weighted by molar-refractivity contribution is -0.123. The Labute approximate surface area is 126 Å². The van der Waals surface area contributed by atoms with Gasteiger partial charge in [-0.25, -0.2) is 4.79 Å². The molecular weight excluding hydrogens is 292 g/mol. The monoisotopic (exact) mass is 312 g/mol. The summed E-state index contributed by atoms with van der Waals surface area (Å²) in [7, 11) is 0. The summed E-state index contributed by atoms with van der Waals surface area (Å²) in [5, 5.41) is 12.1. The molecule has 2 rings (SSSR count). The zero-order valence-corrected chi connectivity index (χ0v) is 12.4. The molecule has 1 saturated heterocycles. The number of aliphatic hydroxyl groups excluding tert-OH is 1. The van der Waals surface area contributed by atoms with Gasteiger partial charge in [-0.1, -0.05) is 0 Å². The Morgan fingerprint density at radius 2 is 2.32 bits per heavy atom. The summed E-state index contributed by atoms with van der Waals surface area (Å²) in [5.74, 6) is -0.363. The van der Waals surface area contributed by atoms with E-state index in [4.69, 9.17) is 10.5 Å². The molecule has 1 fully saturated rings. The third-order valence-corrected chi connectivity index (χ3v) is 3.61. The second kappa shape index (κ2) is 6.42. The van der Waals surface area contributed by atoms with Crippen LogP contribution in [0.2, 0.25) is 0 Å². The van der Waals surface area contributed by atoms with Crippen LogP contribution in [-0.2, 0) is 9.53 Å². The molecule has 9 nitrogen and oxygen atoms in total. The van der Waals surface area contributed by atoms with Crippen LogP contribution < -0.4 is 22.3 Å². The highest BCUT2D eigenvalue weighted by Gasteiger charge is 2.37. The molecule has 1 aliphatic rings. The lowest BCUT2D eigenvalue weighted by atomic mass is 10.1. The summed E-state index contributed by atoms with van der Waals surface area (Å²) in [6, 6.07) is -1.15. The van der Waals surface area contributed by atoms with Crippen molar-refractivity contribution in [3.63, 3.8) is 0 Å². The van der Waals surface area contributed by atoms with Gasteiger partial charge in [-0.3, -0.25) is 19.1 Å². The Morgan fingerprint density at radius 1 is 1.64 bits per heavy atom. The molecule has 2 heterocycles. The van der Waals surface area contributed by atoms with Crippen molar-refractivity contribution in [1.82, 2.24) is 14.9 Å². The van der Waals surface area contributed by atoms with Gasteiger partial charge in [0.2, 0.25) is 5.91 Å². The van der Waals surface area contributed by atoms with Crippen LogP contribution in [0.4, 0.5) is 0 Å². The van der Waals surface area contributed by atoms with Gasteiger partial charge in [-0.15, -0.1) is 0 Å². The number of hydrogen-bond donors (Lipinski definition) is 4. The van der Waals surface area contributed by atoms with E-state index < -0.39 is 35.7 Å². The van der Waals surface area contributed by atoms with Crippen molar-refractivity contribution in [2.75, 3.05) is 6.61 Å². The van der Waals surface area contributed by atoms with E-state index in [1.165, 1.54) is 10.8 Å². The number of H-pyrrole nitrogens is 1. The number of aryl methyl sites for hydroxylation is 1. The van der Waals surface area contributed by atoms with E-state index in [2.05, 4.69) is 10.3 Å². The van der Waals surface area contributed by atoms with E-state index in [1.54, 1.807) is 13.8 Å². The largest absolute Gasteiger partial charge is 0.394 e. The molecule has 1 aromatic rings. The molecule has 9 heteroatoms. The number of nitrogens with zero attached hydrogens (tertiary/aromatic N) is 1. The van der Waals surface area contributed by atoms with Gasteiger partial charge in [0.15, 0.2) is 0 Å². The number of nitrogens with two attached hydrogens (primary N) is 1. The van der Waals surface area contributed by atoms with Gasteiger partial charge in [0, 0.05) is 18.2 Å². The number of carbonyl (C=O) groups excluding carboxylic acids is 1. The van der Waals surface area contributed by atoms with E-state index in [0.29, 0.717) is 5.56 Å². The zero-order valence-electron chi connectivity index (χ0n) is 12.4. The molecule has 122 valence electrons. The van der Waals surface area contributed by atoms with Crippen LogP contribution in [-0.4, -0.2) is 45.4 Å². The third kappa shape index (κ3) is 3.26. The number of nitrogens with one attached hydrogen (secondary N) is 2. The van der Waals surface area contributed by atoms with E-state index >= 15 is 0 Å². The van der Waals surface area contributed by atoms with Crippen LogP contribution in [0.1, 0.15) is 25.1 Å². The van der Waals surface area contributed by atoms with Gasteiger partial charge in [0.1, 0.15) is 12.3 Å². The maximum atomic E-state index is 11.9. The average molecular weight is 312 g/mol. The number of hydrogen-bond acceptors (Lipinski definition) is 6. The Morgan fingerprint density at radius 3 is 2.91 bits per heavy atom. The molecule has 1 aromatic heterocycles. The van der Waals surface area contributed by atoms with Gasteiger partial charge < -0.3 is 20.9 Å². The number of aromatic amines is 1. The second-order valence-corrected chi connectivity index (χ2v) is 5.43. The number of amides is 1. The normalized spacial score (nSPS) is 25.9. The van der Waals surface area contributed by atoms with Crippen molar-refractivity contribution in [3.05, 3.63) is 32.6 Å². The van der Waals surface area contributed by atoms with E-state index in [0.717, 1.165) is 0 Å². The van der Waals surface area contributed by atoms with Gasteiger partial charge in [0.25, 0.3) is 5.56 Å². The van der Waals surface area contributed by atoms with Crippen LogP contribution in [0.3, 0.4) is 0 Å². The van der Waals surface area contributed by atoms with Crippen molar-refractivity contribution < 1.29 is 14.6 Å². The first-order chi connectivity index (χ1) is 10.3. The minimum absolute atomic E-state index is 0.287. The van der Waals surface area contributed by atoms with Crippen LogP contribution in [0.25, 0.3) is 0 Å². The van der Waals surface area contributed by atoms with E-state index in [1.807, 2.05) is 0 Å². The molecule has 0 radical (unpaired) electrons. The molecule has 0 unspecified atom stereocenters. The van der Waals surface area contributed by atoms with Crippen LogP contribution in [0, 0.1) is 6.92 Å². The summed E-state index contributed by atoms with van der Waals surface area (Å²) in [5.41, 5.74) is 4.81. The number of ether oxygens (including phenoxy) is 1. The molecule has 22 heavy (non-hydrogen) atoms. The summed E-state index contributed by atoms with van der Waals surface area (Å²) >= 11 is 0. The van der Waals surface area contributed by atoms with E-state index in [-0.39, 0.29) is 18.9 Å². The standard InChI is InChI=1S/C13H20N4O5/c1-6-4-17(13(21)16-11(6)19)10-3-8(9(5-18)22-10)15-12(20)7(2)14/h4,7-10,18H,3,5,14H2,1-2H3,(H,15,20)(H,16,19,21)/t7-,8+,9-,10-/m1/s1. The van der Waals surface area contributed by atoms with Crippen LogP contribution >= 0.6 is 0 Å². The van der Waals surface area contributed by atoms with Gasteiger partial charge in [-0.05, 0) is 13.8 Å². The lowest BCUT2D eigenvalue weighted by Crippen LogP contribution is -2.47. The van der Waals surface area contributed by atoms with Crippen molar-refractivity contribution in [2.24, 2.45) is 5.73 Å². The Hall–Kier alpha value is -1.97. The van der Waals surface area contributed by atoms with Crippen LogP contribution in [0.5, 0.6) is 0 Å². The van der Waals surface area contributed by atoms with Crippen molar-refractivity contribution >= 4 is 5.91 Å². The molecule has 0 saturated carbocycles. The van der Waals surface area contributed by atoms with Crippen molar-refractivity contribution in [1.29, 1.82) is 0 Å². The maximum Gasteiger partial charge on any atom is 0.330 e.